The van der Waals surface area contributed by atoms with Crippen LogP contribution < -0.4 is 5.73 Å². The first-order chi connectivity index (χ1) is 6.65. The molecule has 0 radical (unpaired) electrons. The highest BCUT2D eigenvalue weighted by Gasteiger charge is 2.22. The van der Waals surface area contributed by atoms with E-state index in [-0.39, 0.29) is 11.9 Å². The lowest BCUT2D eigenvalue weighted by Crippen LogP contribution is -2.40. The van der Waals surface area contributed by atoms with Gasteiger partial charge >= 0.3 is 0 Å². The minimum absolute atomic E-state index is 0.129. The molecule has 0 spiro atoms. The molecule has 14 heavy (non-hydrogen) atoms. The second-order valence-electron chi connectivity index (χ2n) is 4.02. The quantitative estimate of drug-likeness (QED) is 0.706. The number of ether oxygens (including phenoxy) is 1. The Morgan fingerprint density at radius 3 is 2.93 bits per heavy atom. The molecule has 2 unspecified atom stereocenters. The molecule has 0 aromatic carbocycles. The van der Waals surface area contributed by atoms with Gasteiger partial charge in [-0.3, -0.25) is 4.79 Å². The van der Waals surface area contributed by atoms with Crippen LogP contribution in [-0.2, 0) is 9.53 Å². The molecule has 1 aliphatic heterocycles. The fourth-order valence-corrected chi connectivity index (χ4v) is 1.54. The maximum absolute atomic E-state index is 11.7. The van der Waals surface area contributed by atoms with Crippen molar-refractivity contribution in [1.29, 1.82) is 0 Å². The molecule has 0 aliphatic carbocycles. The minimum atomic E-state index is 0.129. The van der Waals surface area contributed by atoms with Crippen LogP contribution in [0.1, 0.15) is 19.8 Å². The normalized spacial score (nSPS) is 23.5. The summed E-state index contributed by atoms with van der Waals surface area (Å²) in [5, 5.41) is 0. The summed E-state index contributed by atoms with van der Waals surface area (Å²) in [6, 6.07) is 0.129. The van der Waals surface area contributed by atoms with Gasteiger partial charge in [-0.25, -0.2) is 0 Å². The molecule has 2 N–H and O–H groups in total. The van der Waals surface area contributed by atoms with Gasteiger partial charge in [0.15, 0.2) is 0 Å². The molecule has 1 heterocycles. The predicted molar refractivity (Wildman–Crippen MR) is 54.8 cm³/mol. The Morgan fingerprint density at radius 1 is 1.71 bits per heavy atom. The molecule has 1 rings (SSSR count). The molecule has 0 saturated carbocycles. The zero-order valence-electron chi connectivity index (χ0n) is 9.03. The second kappa shape index (κ2) is 5.32. The van der Waals surface area contributed by atoms with Crippen LogP contribution in [0.4, 0.5) is 0 Å². The minimum Gasteiger partial charge on any atom is -0.381 e. The molecule has 4 nitrogen and oxygen atoms in total. The number of hydrogen-bond donors (Lipinski definition) is 1. The van der Waals surface area contributed by atoms with Crippen molar-refractivity contribution in [1.82, 2.24) is 4.90 Å². The van der Waals surface area contributed by atoms with E-state index < -0.39 is 0 Å². The highest BCUT2D eigenvalue weighted by molar-refractivity contribution is 5.76. The van der Waals surface area contributed by atoms with Crippen molar-refractivity contribution in [3.05, 3.63) is 0 Å². The van der Waals surface area contributed by atoms with E-state index in [2.05, 4.69) is 0 Å². The Balaban J connectivity index is 2.32. The first-order valence-corrected chi connectivity index (χ1v) is 5.18. The first kappa shape index (κ1) is 11.5. The highest BCUT2D eigenvalue weighted by atomic mass is 16.5. The molecular formula is C10H20N2O2. The Hall–Kier alpha value is -0.610. The summed E-state index contributed by atoms with van der Waals surface area (Å²) >= 11 is 0. The molecule has 4 heteroatoms. The number of carbonyl (C=O) groups is 1. The summed E-state index contributed by atoms with van der Waals surface area (Å²) in [7, 11) is 1.82. The maximum Gasteiger partial charge on any atom is 0.222 e. The average molecular weight is 200 g/mol. The molecule has 0 bridgehead atoms. The van der Waals surface area contributed by atoms with Crippen molar-refractivity contribution in [2.24, 2.45) is 11.7 Å². The number of likely N-dealkylation sites (N-methyl/N-ethyl adjacent to an activating group) is 1. The first-order valence-electron chi connectivity index (χ1n) is 5.18. The van der Waals surface area contributed by atoms with Gasteiger partial charge < -0.3 is 15.4 Å². The average Bonchev–Trinajstić information content (AvgIpc) is 2.68. The summed E-state index contributed by atoms with van der Waals surface area (Å²) in [5.74, 6) is 0.591. The van der Waals surface area contributed by atoms with Crippen molar-refractivity contribution in [2.45, 2.75) is 25.8 Å². The molecule has 0 aromatic heterocycles. The maximum atomic E-state index is 11.7. The Bertz CT molecular complexity index is 191. The van der Waals surface area contributed by atoms with Gasteiger partial charge in [0.25, 0.3) is 0 Å². The number of carbonyl (C=O) groups excluding carboxylic acids is 1. The van der Waals surface area contributed by atoms with Crippen LogP contribution in [0.25, 0.3) is 0 Å². The van der Waals surface area contributed by atoms with Gasteiger partial charge in [0.2, 0.25) is 5.91 Å². The van der Waals surface area contributed by atoms with E-state index >= 15 is 0 Å². The van der Waals surface area contributed by atoms with Crippen molar-refractivity contribution in [3.63, 3.8) is 0 Å². The van der Waals surface area contributed by atoms with Crippen molar-refractivity contribution >= 4 is 5.91 Å². The van der Waals surface area contributed by atoms with E-state index in [1.54, 1.807) is 4.90 Å². The van der Waals surface area contributed by atoms with Crippen LogP contribution in [0.5, 0.6) is 0 Å². The summed E-state index contributed by atoms with van der Waals surface area (Å²) in [4.78, 5) is 13.4. The van der Waals surface area contributed by atoms with Crippen molar-refractivity contribution in [3.8, 4) is 0 Å². The lowest BCUT2D eigenvalue weighted by atomic mass is 10.0. The molecular weight excluding hydrogens is 180 g/mol. The van der Waals surface area contributed by atoms with Gasteiger partial charge in [-0.15, -0.1) is 0 Å². The van der Waals surface area contributed by atoms with Gasteiger partial charge in [0.1, 0.15) is 0 Å². The number of hydrogen-bond acceptors (Lipinski definition) is 3. The standard InChI is InChI=1S/C10H20N2O2/c1-8(6-11)12(2)10(13)5-9-3-4-14-7-9/h8-9H,3-7,11H2,1-2H3. The van der Waals surface area contributed by atoms with E-state index in [4.69, 9.17) is 10.5 Å². The SMILES string of the molecule is CC(CN)N(C)C(=O)CC1CCOC1. The summed E-state index contributed by atoms with van der Waals surface area (Å²) < 4.78 is 5.23. The molecule has 0 aromatic rings. The van der Waals surface area contributed by atoms with Crippen LogP contribution in [0, 0.1) is 5.92 Å². The molecule has 82 valence electrons. The Labute approximate surface area is 85.4 Å². The fourth-order valence-electron chi connectivity index (χ4n) is 1.54. The molecule has 1 amide bonds. The van der Waals surface area contributed by atoms with Crippen molar-refractivity contribution < 1.29 is 9.53 Å². The third-order valence-electron chi connectivity index (χ3n) is 2.88. The second-order valence-corrected chi connectivity index (χ2v) is 4.02. The molecule has 1 aliphatic rings. The van der Waals surface area contributed by atoms with Gasteiger partial charge in [0.05, 0.1) is 0 Å². The zero-order valence-corrected chi connectivity index (χ0v) is 9.03. The van der Waals surface area contributed by atoms with Gasteiger partial charge in [-0.2, -0.15) is 0 Å². The van der Waals surface area contributed by atoms with Crippen molar-refractivity contribution in [2.75, 3.05) is 26.8 Å². The molecule has 1 saturated heterocycles. The third kappa shape index (κ3) is 2.96. The zero-order chi connectivity index (χ0) is 10.6. The Morgan fingerprint density at radius 2 is 2.43 bits per heavy atom. The van der Waals surface area contributed by atoms with Crippen LogP contribution in [0.15, 0.2) is 0 Å². The predicted octanol–water partition coefficient (Wildman–Crippen LogP) is 0.219. The van der Waals surface area contributed by atoms with E-state index in [0.29, 0.717) is 18.9 Å². The lowest BCUT2D eigenvalue weighted by Gasteiger charge is -2.24. The van der Waals surface area contributed by atoms with Crippen LogP contribution in [-0.4, -0.2) is 43.7 Å². The largest absolute Gasteiger partial charge is 0.381 e. The van der Waals surface area contributed by atoms with E-state index in [0.717, 1.165) is 19.6 Å². The highest BCUT2D eigenvalue weighted by Crippen LogP contribution is 2.17. The van der Waals surface area contributed by atoms with Gasteiger partial charge in [-0.05, 0) is 19.3 Å². The number of nitrogens with two attached hydrogens (primary N) is 1. The van der Waals surface area contributed by atoms with Gasteiger partial charge in [0, 0.05) is 39.3 Å². The van der Waals surface area contributed by atoms with E-state index in [9.17, 15) is 4.79 Å². The number of rotatable bonds is 4. The van der Waals surface area contributed by atoms with Gasteiger partial charge in [-0.1, -0.05) is 0 Å². The lowest BCUT2D eigenvalue weighted by molar-refractivity contribution is -0.132. The summed E-state index contributed by atoms with van der Waals surface area (Å²) in [6.45, 7) is 4.01. The monoisotopic (exact) mass is 200 g/mol. The van der Waals surface area contributed by atoms with Crippen LogP contribution >= 0.6 is 0 Å². The molecule has 2 atom stereocenters. The third-order valence-corrected chi connectivity index (χ3v) is 2.88. The summed E-state index contributed by atoms with van der Waals surface area (Å²) in [6.07, 6.45) is 1.61. The fraction of sp³-hybridized carbons (Fsp3) is 0.900. The van der Waals surface area contributed by atoms with E-state index in [1.807, 2.05) is 14.0 Å². The number of amides is 1. The molecule has 1 fully saturated rings. The smallest absolute Gasteiger partial charge is 0.222 e. The Kier molecular flexibility index (Phi) is 4.35. The number of nitrogens with zero attached hydrogens (tertiary/aromatic N) is 1. The van der Waals surface area contributed by atoms with Crippen LogP contribution in [0.3, 0.4) is 0 Å². The van der Waals surface area contributed by atoms with E-state index in [1.165, 1.54) is 0 Å². The summed E-state index contributed by atoms with van der Waals surface area (Å²) in [5.41, 5.74) is 5.50. The topological polar surface area (TPSA) is 55.6 Å². The van der Waals surface area contributed by atoms with Crippen LogP contribution in [0.2, 0.25) is 0 Å².